The van der Waals surface area contributed by atoms with Gasteiger partial charge in [-0.2, -0.15) is 15.3 Å². The Bertz CT molecular complexity index is 937. The molecule has 130 valence electrons. The summed E-state index contributed by atoms with van der Waals surface area (Å²) in [6.45, 7) is 0. The average molecular weight is 348 g/mol. The van der Waals surface area contributed by atoms with Crippen LogP contribution < -0.4 is 20.1 Å². The summed E-state index contributed by atoms with van der Waals surface area (Å²) in [4.78, 5) is 4.38. The van der Waals surface area contributed by atoms with Crippen LogP contribution in [0.15, 0.2) is 48.7 Å². The van der Waals surface area contributed by atoms with Crippen molar-refractivity contribution in [1.82, 2.24) is 15.2 Å². The van der Waals surface area contributed by atoms with Gasteiger partial charge in [-0.25, -0.2) is 0 Å². The molecule has 2 N–H and O–H groups in total. The third kappa shape index (κ3) is 3.96. The number of anilines is 4. The third-order valence-corrected chi connectivity index (χ3v) is 3.50. The molecule has 0 radical (unpaired) electrons. The molecule has 0 atom stereocenters. The van der Waals surface area contributed by atoms with Crippen LogP contribution in [-0.2, 0) is 0 Å². The van der Waals surface area contributed by atoms with Crippen LogP contribution >= 0.6 is 0 Å². The molecule has 3 rings (SSSR count). The fourth-order valence-electron chi connectivity index (χ4n) is 2.21. The molecular weight excluding hydrogens is 332 g/mol. The molecule has 3 aromatic rings. The smallest absolute Gasteiger partial charge is 0.249 e. The highest BCUT2D eigenvalue weighted by Crippen LogP contribution is 2.31. The molecule has 0 bridgehead atoms. The van der Waals surface area contributed by atoms with Gasteiger partial charge in [0, 0.05) is 11.8 Å². The predicted molar refractivity (Wildman–Crippen MR) is 97.1 cm³/mol. The first-order chi connectivity index (χ1) is 12.7. The van der Waals surface area contributed by atoms with E-state index >= 15 is 0 Å². The predicted octanol–water partition coefficient (Wildman–Crippen LogP) is 3.25. The van der Waals surface area contributed by atoms with E-state index in [-0.39, 0.29) is 0 Å². The summed E-state index contributed by atoms with van der Waals surface area (Å²) in [5, 5.41) is 22.9. The minimum absolute atomic E-state index is 0.326. The summed E-state index contributed by atoms with van der Waals surface area (Å²) in [7, 11) is 3.17. The van der Waals surface area contributed by atoms with E-state index in [2.05, 4.69) is 31.9 Å². The molecule has 0 amide bonds. The van der Waals surface area contributed by atoms with Crippen LogP contribution in [0.25, 0.3) is 0 Å². The van der Waals surface area contributed by atoms with Gasteiger partial charge in [-0.3, -0.25) is 0 Å². The van der Waals surface area contributed by atoms with Crippen molar-refractivity contribution in [1.29, 1.82) is 5.26 Å². The molecule has 26 heavy (non-hydrogen) atoms. The number of benzene rings is 2. The Balaban J connectivity index is 1.78. The Kier molecular flexibility index (Phi) is 5.10. The second kappa shape index (κ2) is 7.81. The first-order valence-corrected chi connectivity index (χ1v) is 7.68. The van der Waals surface area contributed by atoms with Crippen molar-refractivity contribution in [2.24, 2.45) is 0 Å². The first-order valence-electron chi connectivity index (χ1n) is 7.68. The van der Waals surface area contributed by atoms with E-state index in [1.807, 2.05) is 12.1 Å². The lowest BCUT2D eigenvalue weighted by molar-refractivity contribution is 0.395. The van der Waals surface area contributed by atoms with Gasteiger partial charge in [0.25, 0.3) is 0 Å². The minimum atomic E-state index is 0.326. The Hall–Kier alpha value is -3.86. The zero-order valence-electron chi connectivity index (χ0n) is 14.2. The minimum Gasteiger partial charge on any atom is -0.497 e. The van der Waals surface area contributed by atoms with Crippen molar-refractivity contribution in [3.05, 3.63) is 54.2 Å². The maximum Gasteiger partial charge on any atom is 0.249 e. The van der Waals surface area contributed by atoms with Crippen molar-refractivity contribution in [3.8, 4) is 17.6 Å². The highest BCUT2D eigenvalue weighted by molar-refractivity contribution is 5.66. The van der Waals surface area contributed by atoms with Crippen LogP contribution in [0.2, 0.25) is 0 Å². The van der Waals surface area contributed by atoms with Gasteiger partial charge < -0.3 is 20.1 Å². The Morgan fingerprint density at radius 1 is 1.00 bits per heavy atom. The van der Waals surface area contributed by atoms with Crippen LogP contribution in [0, 0.1) is 11.3 Å². The van der Waals surface area contributed by atoms with E-state index in [1.54, 1.807) is 44.6 Å². The fourth-order valence-corrected chi connectivity index (χ4v) is 2.21. The number of nitriles is 1. The largest absolute Gasteiger partial charge is 0.497 e. The molecular formula is C18H16N6O2. The van der Waals surface area contributed by atoms with E-state index in [1.165, 1.54) is 6.20 Å². The van der Waals surface area contributed by atoms with Gasteiger partial charge in [-0.1, -0.05) is 0 Å². The third-order valence-electron chi connectivity index (χ3n) is 3.50. The maximum absolute atomic E-state index is 8.84. The van der Waals surface area contributed by atoms with Crippen LogP contribution in [0.3, 0.4) is 0 Å². The van der Waals surface area contributed by atoms with Crippen LogP contribution in [0.4, 0.5) is 23.1 Å². The topological polar surface area (TPSA) is 105 Å². The van der Waals surface area contributed by atoms with E-state index in [0.717, 1.165) is 11.4 Å². The number of ether oxygens (including phenoxy) is 2. The average Bonchev–Trinajstić information content (AvgIpc) is 2.69. The van der Waals surface area contributed by atoms with Gasteiger partial charge >= 0.3 is 0 Å². The van der Waals surface area contributed by atoms with Crippen molar-refractivity contribution >= 4 is 23.1 Å². The molecule has 8 heteroatoms. The molecule has 0 aliphatic carbocycles. The second-order valence-electron chi connectivity index (χ2n) is 5.17. The number of hydrogen-bond acceptors (Lipinski definition) is 8. The molecule has 0 spiro atoms. The number of nitrogens with one attached hydrogen (secondary N) is 2. The lowest BCUT2D eigenvalue weighted by Crippen LogP contribution is -2.03. The van der Waals surface area contributed by atoms with Gasteiger partial charge in [0.15, 0.2) is 5.82 Å². The van der Waals surface area contributed by atoms with Gasteiger partial charge in [0.1, 0.15) is 11.5 Å². The summed E-state index contributed by atoms with van der Waals surface area (Å²) < 4.78 is 10.5. The van der Waals surface area contributed by atoms with Crippen LogP contribution in [-0.4, -0.2) is 29.4 Å². The van der Waals surface area contributed by atoms with Gasteiger partial charge in [-0.15, -0.1) is 5.10 Å². The summed E-state index contributed by atoms with van der Waals surface area (Å²) in [5.74, 6) is 2.13. The molecule has 1 aromatic heterocycles. The maximum atomic E-state index is 8.84. The molecule has 0 saturated carbocycles. The van der Waals surface area contributed by atoms with Crippen molar-refractivity contribution in [2.75, 3.05) is 24.9 Å². The Morgan fingerprint density at radius 3 is 2.50 bits per heavy atom. The lowest BCUT2D eigenvalue weighted by atomic mass is 10.2. The quantitative estimate of drug-likeness (QED) is 0.699. The van der Waals surface area contributed by atoms with E-state index in [0.29, 0.717) is 28.8 Å². The van der Waals surface area contributed by atoms with Crippen LogP contribution in [0.5, 0.6) is 11.5 Å². The second-order valence-corrected chi connectivity index (χ2v) is 5.17. The van der Waals surface area contributed by atoms with Gasteiger partial charge in [-0.05, 0) is 36.4 Å². The van der Waals surface area contributed by atoms with Crippen LogP contribution in [0.1, 0.15) is 5.56 Å². The standard InChI is InChI=1S/C18H16N6O2/c1-25-14-7-8-15(16(9-14)26-2)22-17-11-20-24-18(23-17)21-13-5-3-12(10-19)4-6-13/h3-9,11H,1-2H3,(H2,21,22,23,24). The van der Waals surface area contributed by atoms with Gasteiger partial charge in [0.2, 0.25) is 5.95 Å². The SMILES string of the molecule is COc1ccc(Nc2cnnc(Nc3ccc(C#N)cc3)n2)c(OC)c1. The highest BCUT2D eigenvalue weighted by Gasteiger charge is 2.08. The Morgan fingerprint density at radius 2 is 1.81 bits per heavy atom. The van der Waals surface area contributed by atoms with E-state index < -0.39 is 0 Å². The monoisotopic (exact) mass is 348 g/mol. The zero-order chi connectivity index (χ0) is 18.4. The fraction of sp³-hybridized carbons (Fsp3) is 0.111. The first kappa shape index (κ1) is 17.0. The Labute approximate surface area is 150 Å². The number of hydrogen-bond donors (Lipinski definition) is 2. The van der Waals surface area contributed by atoms with E-state index in [9.17, 15) is 0 Å². The summed E-state index contributed by atoms with van der Waals surface area (Å²) in [6.07, 6.45) is 1.51. The van der Waals surface area contributed by atoms with Gasteiger partial charge in [0.05, 0.1) is 37.7 Å². The summed E-state index contributed by atoms with van der Waals surface area (Å²) in [6, 6.07) is 14.4. The molecule has 0 aliphatic rings. The summed E-state index contributed by atoms with van der Waals surface area (Å²) in [5.41, 5.74) is 2.06. The molecule has 0 aliphatic heterocycles. The highest BCUT2D eigenvalue weighted by atomic mass is 16.5. The van der Waals surface area contributed by atoms with Crippen molar-refractivity contribution in [2.45, 2.75) is 0 Å². The van der Waals surface area contributed by atoms with Crippen molar-refractivity contribution < 1.29 is 9.47 Å². The normalized spacial score (nSPS) is 9.88. The number of aromatic nitrogens is 3. The summed E-state index contributed by atoms with van der Waals surface area (Å²) >= 11 is 0. The molecule has 0 unspecified atom stereocenters. The number of nitrogens with zero attached hydrogens (tertiary/aromatic N) is 4. The number of methoxy groups -OCH3 is 2. The molecule has 2 aromatic carbocycles. The molecule has 1 heterocycles. The molecule has 0 fully saturated rings. The number of rotatable bonds is 6. The lowest BCUT2D eigenvalue weighted by Gasteiger charge is -2.12. The molecule has 0 saturated heterocycles. The zero-order valence-corrected chi connectivity index (χ0v) is 14.2. The van der Waals surface area contributed by atoms with E-state index in [4.69, 9.17) is 14.7 Å². The van der Waals surface area contributed by atoms with Crippen molar-refractivity contribution in [3.63, 3.8) is 0 Å². The molecule has 8 nitrogen and oxygen atoms in total.